The average molecular weight is 279 g/mol. The van der Waals surface area contributed by atoms with Crippen molar-refractivity contribution in [3.05, 3.63) is 17.0 Å². The Morgan fingerprint density at radius 2 is 2.25 bits per heavy atom. The van der Waals surface area contributed by atoms with Crippen LogP contribution in [-0.2, 0) is 31.2 Å². The quantitative estimate of drug-likeness (QED) is 0.615. The van der Waals surface area contributed by atoms with Crippen LogP contribution in [0.15, 0.2) is 4.99 Å². The lowest BCUT2D eigenvalue weighted by molar-refractivity contribution is 0.179. The smallest absolute Gasteiger partial charge is 0.189 e. The van der Waals surface area contributed by atoms with E-state index < -0.39 is 0 Å². The number of aromatic nitrogens is 2. The molecule has 0 radical (unpaired) electrons. The minimum atomic E-state index is 0.157. The Hall–Kier alpha value is -1.56. The molecule has 0 saturated carbocycles. The molecule has 6 nitrogen and oxygen atoms in total. The van der Waals surface area contributed by atoms with Crippen LogP contribution in [0.25, 0.3) is 0 Å². The number of hydrogen-bond donors (Lipinski definition) is 2. The fourth-order valence-corrected chi connectivity index (χ4v) is 2.69. The van der Waals surface area contributed by atoms with E-state index in [1.165, 1.54) is 29.8 Å². The summed E-state index contributed by atoms with van der Waals surface area (Å²) in [5, 5.41) is 7.70. The number of fused-ring (bicyclic) bond motifs is 1. The Balaban J connectivity index is 2.01. The first kappa shape index (κ1) is 14.8. The Kier molecular flexibility index (Phi) is 5.00. The molecule has 0 bridgehead atoms. The third-order valence-electron chi connectivity index (χ3n) is 3.66. The predicted molar refractivity (Wildman–Crippen MR) is 79.7 cm³/mol. The van der Waals surface area contributed by atoms with Crippen molar-refractivity contribution in [3.63, 3.8) is 0 Å². The van der Waals surface area contributed by atoms with E-state index in [4.69, 9.17) is 10.5 Å². The lowest BCUT2D eigenvalue weighted by Gasteiger charge is -2.13. The van der Waals surface area contributed by atoms with Crippen LogP contribution < -0.4 is 11.1 Å². The Bertz CT molecular complexity index is 480. The van der Waals surface area contributed by atoms with Gasteiger partial charge in [0.05, 0.1) is 24.5 Å². The number of ether oxygens (including phenoxy) is 1. The van der Waals surface area contributed by atoms with Gasteiger partial charge in [-0.1, -0.05) is 0 Å². The van der Waals surface area contributed by atoms with Crippen LogP contribution in [0.3, 0.4) is 0 Å². The summed E-state index contributed by atoms with van der Waals surface area (Å²) < 4.78 is 7.01. The van der Waals surface area contributed by atoms with Gasteiger partial charge in [0.25, 0.3) is 0 Å². The van der Waals surface area contributed by atoms with Gasteiger partial charge in [0.15, 0.2) is 5.96 Å². The monoisotopic (exact) mass is 279 g/mol. The van der Waals surface area contributed by atoms with Crippen LogP contribution >= 0.6 is 0 Å². The number of guanidine groups is 1. The average Bonchev–Trinajstić information content (AvgIpc) is 2.72. The van der Waals surface area contributed by atoms with Gasteiger partial charge in [-0.2, -0.15) is 5.10 Å². The highest BCUT2D eigenvalue weighted by Gasteiger charge is 2.18. The maximum Gasteiger partial charge on any atom is 0.189 e. The molecule has 1 atom stereocenters. The number of nitrogens with two attached hydrogens (primary N) is 1. The first-order valence-corrected chi connectivity index (χ1v) is 7.20. The van der Waals surface area contributed by atoms with Crippen LogP contribution in [0.5, 0.6) is 0 Å². The molecule has 1 aliphatic carbocycles. The number of hydrogen-bond acceptors (Lipinski definition) is 3. The van der Waals surface area contributed by atoms with E-state index in [2.05, 4.69) is 15.4 Å². The fraction of sp³-hybridized carbons (Fsp3) is 0.714. The normalized spacial score (nSPS) is 16.9. The summed E-state index contributed by atoms with van der Waals surface area (Å²) in [6, 6.07) is 0.157. The first-order valence-electron chi connectivity index (χ1n) is 7.20. The van der Waals surface area contributed by atoms with Gasteiger partial charge in [-0.15, -0.1) is 0 Å². The summed E-state index contributed by atoms with van der Waals surface area (Å²) in [7, 11) is 3.66. The zero-order valence-corrected chi connectivity index (χ0v) is 12.6. The van der Waals surface area contributed by atoms with E-state index >= 15 is 0 Å². The second-order valence-corrected chi connectivity index (χ2v) is 5.40. The number of nitrogens with one attached hydrogen (secondary N) is 1. The molecule has 0 aromatic carbocycles. The molecule has 0 saturated heterocycles. The molecule has 2 rings (SSSR count). The van der Waals surface area contributed by atoms with Gasteiger partial charge in [0.1, 0.15) is 0 Å². The van der Waals surface area contributed by atoms with Crippen LogP contribution in [0.1, 0.15) is 36.7 Å². The molecular weight excluding hydrogens is 254 g/mol. The maximum absolute atomic E-state index is 5.90. The zero-order valence-electron chi connectivity index (χ0n) is 12.6. The van der Waals surface area contributed by atoms with E-state index in [1.807, 2.05) is 18.7 Å². The second kappa shape index (κ2) is 6.74. The molecule has 1 aliphatic rings. The Labute approximate surface area is 120 Å². The summed E-state index contributed by atoms with van der Waals surface area (Å²) in [5.41, 5.74) is 9.70. The lowest BCUT2D eigenvalue weighted by atomic mass is 9.96. The van der Waals surface area contributed by atoms with Gasteiger partial charge in [-0.25, -0.2) is 4.99 Å². The topological polar surface area (TPSA) is 77.5 Å². The molecule has 0 spiro atoms. The van der Waals surface area contributed by atoms with E-state index in [-0.39, 0.29) is 6.04 Å². The summed E-state index contributed by atoms with van der Waals surface area (Å²) in [6.45, 7) is 3.20. The van der Waals surface area contributed by atoms with Crippen LogP contribution in [0.4, 0.5) is 0 Å². The zero-order chi connectivity index (χ0) is 14.5. The van der Waals surface area contributed by atoms with Gasteiger partial charge in [-0.05, 0) is 38.2 Å². The highest BCUT2D eigenvalue weighted by atomic mass is 16.5. The Morgan fingerprint density at radius 3 is 3.00 bits per heavy atom. The standard InChI is InChI=1S/C14H25N5O/c1-10(9-20-3)17-14(15)16-8-13-11-6-4-5-7-12(11)18-19(13)2/h10H,4-9H2,1-3H3,(H3,15,16,17). The lowest BCUT2D eigenvalue weighted by Crippen LogP contribution is -2.40. The molecule has 1 heterocycles. The summed E-state index contributed by atoms with van der Waals surface area (Å²) in [6.07, 6.45) is 4.69. The first-order chi connectivity index (χ1) is 9.61. The second-order valence-electron chi connectivity index (χ2n) is 5.40. The highest BCUT2D eigenvalue weighted by Crippen LogP contribution is 2.23. The van der Waals surface area contributed by atoms with Gasteiger partial charge < -0.3 is 15.8 Å². The van der Waals surface area contributed by atoms with Gasteiger partial charge in [0.2, 0.25) is 0 Å². The van der Waals surface area contributed by atoms with E-state index in [0.29, 0.717) is 19.1 Å². The molecule has 0 amide bonds. The van der Waals surface area contributed by atoms with E-state index in [9.17, 15) is 0 Å². The molecule has 112 valence electrons. The molecule has 1 aromatic rings. The van der Waals surface area contributed by atoms with Crippen molar-refractivity contribution >= 4 is 5.96 Å². The third-order valence-corrected chi connectivity index (χ3v) is 3.66. The van der Waals surface area contributed by atoms with Crippen molar-refractivity contribution in [2.75, 3.05) is 13.7 Å². The molecule has 0 aliphatic heterocycles. The predicted octanol–water partition coefficient (Wildman–Crippen LogP) is 0.738. The highest BCUT2D eigenvalue weighted by molar-refractivity contribution is 5.78. The number of aryl methyl sites for hydroxylation is 2. The largest absolute Gasteiger partial charge is 0.383 e. The van der Waals surface area contributed by atoms with Crippen molar-refractivity contribution in [2.45, 2.75) is 45.2 Å². The van der Waals surface area contributed by atoms with Crippen molar-refractivity contribution in [1.82, 2.24) is 15.1 Å². The van der Waals surface area contributed by atoms with Crippen molar-refractivity contribution < 1.29 is 4.74 Å². The van der Waals surface area contributed by atoms with E-state index in [0.717, 1.165) is 12.8 Å². The van der Waals surface area contributed by atoms with Crippen LogP contribution in [0, 0.1) is 0 Å². The summed E-state index contributed by atoms with van der Waals surface area (Å²) >= 11 is 0. The molecule has 1 aromatic heterocycles. The maximum atomic E-state index is 5.90. The van der Waals surface area contributed by atoms with Gasteiger partial charge >= 0.3 is 0 Å². The number of aliphatic imine (C=N–C) groups is 1. The summed E-state index contributed by atoms with van der Waals surface area (Å²) in [4.78, 5) is 4.42. The van der Waals surface area contributed by atoms with Crippen molar-refractivity contribution in [3.8, 4) is 0 Å². The Morgan fingerprint density at radius 1 is 1.50 bits per heavy atom. The third kappa shape index (κ3) is 3.50. The number of nitrogens with zero attached hydrogens (tertiary/aromatic N) is 3. The number of rotatable bonds is 5. The van der Waals surface area contributed by atoms with Crippen molar-refractivity contribution in [2.24, 2.45) is 17.8 Å². The molecule has 3 N–H and O–H groups in total. The minimum absolute atomic E-state index is 0.157. The fourth-order valence-electron chi connectivity index (χ4n) is 2.69. The summed E-state index contributed by atoms with van der Waals surface area (Å²) in [5.74, 6) is 0.459. The minimum Gasteiger partial charge on any atom is -0.383 e. The van der Waals surface area contributed by atoms with E-state index in [1.54, 1.807) is 7.11 Å². The van der Waals surface area contributed by atoms with Gasteiger partial charge in [0, 0.05) is 20.2 Å². The van der Waals surface area contributed by atoms with Gasteiger partial charge in [-0.3, -0.25) is 4.68 Å². The molecule has 1 unspecified atom stereocenters. The van der Waals surface area contributed by atoms with Crippen LogP contribution in [-0.4, -0.2) is 35.5 Å². The SMILES string of the molecule is COCC(C)NC(N)=NCc1c2c(nn1C)CCCC2. The van der Waals surface area contributed by atoms with Crippen LogP contribution in [0.2, 0.25) is 0 Å². The molecular formula is C14H25N5O. The molecule has 6 heteroatoms. The van der Waals surface area contributed by atoms with Crippen molar-refractivity contribution in [1.29, 1.82) is 0 Å². The molecule has 0 fully saturated rings. The number of methoxy groups -OCH3 is 1. The molecule has 20 heavy (non-hydrogen) atoms.